The van der Waals surface area contributed by atoms with Crippen molar-refractivity contribution >= 4 is 5.97 Å². The number of unbranched alkanes of at least 4 members (excludes halogenated alkanes) is 22. The van der Waals surface area contributed by atoms with E-state index in [0.717, 1.165) is 19.4 Å². The summed E-state index contributed by atoms with van der Waals surface area (Å²) in [5.41, 5.74) is 0. The molecule has 0 aromatic carbocycles. The van der Waals surface area contributed by atoms with E-state index in [9.17, 15) is 4.79 Å². The molecule has 0 saturated heterocycles. The van der Waals surface area contributed by atoms with Gasteiger partial charge in [-0.1, -0.05) is 155 Å². The predicted octanol–water partition coefficient (Wildman–Crippen LogP) is 9.14. The van der Waals surface area contributed by atoms with Crippen LogP contribution in [0.15, 0.2) is 0 Å². The second kappa shape index (κ2) is 36.4. The molecule has 0 amide bonds. The smallest absolute Gasteiger partial charge is 0.303 e. The number of hydrogen-bond donors (Lipinski definition) is 3. The number of carbonyl (C=O) groups is 1. The molecule has 0 aliphatic heterocycles. The summed E-state index contributed by atoms with van der Waals surface area (Å²) in [7, 11) is 0. The molecule has 38 heavy (non-hydrogen) atoms. The third kappa shape index (κ3) is 37.5. The summed E-state index contributed by atoms with van der Waals surface area (Å²) in [6, 6.07) is 0. The van der Waals surface area contributed by atoms with Crippen LogP contribution >= 0.6 is 0 Å². The number of nitrogens with zero attached hydrogens (tertiary/aromatic N) is 1. The van der Waals surface area contributed by atoms with E-state index in [1.54, 1.807) is 0 Å². The average molecular weight is 544 g/mol. The predicted molar refractivity (Wildman–Crippen MR) is 165 cm³/mol. The first-order valence-corrected chi connectivity index (χ1v) is 16.8. The van der Waals surface area contributed by atoms with Gasteiger partial charge in [0, 0.05) is 19.5 Å². The Morgan fingerprint density at radius 3 is 1.03 bits per heavy atom. The molecular formula is C33H69NO4. The lowest BCUT2D eigenvalue weighted by Gasteiger charge is -2.19. The van der Waals surface area contributed by atoms with Crippen molar-refractivity contribution in [1.29, 1.82) is 0 Å². The maximum atomic E-state index is 10.2. The van der Waals surface area contributed by atoms with Gasteiger partial charge in [-0.25, -0.2) is 0 Å². The molecule has 5 heteroatoms. The minimum atomic E-state index is -0.659. The van der Waals surface area contributed by atoms with Gasteiger partial charge in [0.05, 0.1) is 13.2 Å². The van der Waals surface area contributed by atoms with Crippen molar-refractivity contribution in [3.05, 3.63) is 0 Å². The van der Waals surface area contributed by atoms with E-state index in [1.165, 1.54) is 141 Å². The van der Waals surface area contributed by atoms with Gasteiger partial charge >= 0.3 is 5.97 Å². The van der Waals surface area contributed by atoms with E-state index in [-0.39, 0.29) is 13.2 Å². The summed E-state index contributed by atoms with van der Waals surface area (Å²) < 4.78 is 0. The van der Waals surface area contributed by atoms with Crippen molar-refractivity contribution in [1.82, 2.24) is 4.90 Å². The second-order valence-electron chi connectivity index (χ2n) is 11.2. The molecule has 0 bridgehead atoms. The Hall–Kier alpha value is -0.650. The van der Waals surface area contributed by atoms with Gasteiger partial charge in [0.25, 0.3) is 0 Å². The zero-order chi connectivity index (χ0) is 28.4. The van der Waals surface area contributed by atoms with Gasteiger partial charge < -0.3 is 15.3 Å². The van der Waals surface area contributed by atoms with Gasteiger partial charge in [-0.3, -0.25) is 9.69 Å². The van der Waals surface area contributed by atoms with E-state index >= 15 is 0 Å². The van der Waals surface area contributed by atoms with Crippen LogP contribution in [-0.4, -0.2) is 59.0 Å². The van der Waals surface area contributed by atoms with E-state index < -0.39 is 5.97 Å². The van der Waals surface area contributed by atoms with Gasteiger partial charge in [0.2, 0.25) is 0 Å². The highest BCUT2D eigenvalue weighted by Crippen LogP contribution is 2.13. The fourth-order valence-electron chi connectivity index (χ4n) is 4.91. The Labute approximate surface area is 238 Å². The van der Waals surface area contributed by atoms with Gasteiger partial charge in [0.15, 0.2) is 0 Å². The maximum absolute atomic E-state index is 10.2. The van der Waals surface area contributed by atoms with Gasteiger partial charge in [0.1, 0.15) is 0 Å². The summed E-state index contributed by atoms with van der Waals surface area (Å²) in [5, 5.41) is 26.3. The first-order valence-electron chi connectivity index (χ1n) is 16.8. The molecular weight excluding hydrogens is 474 g/mol. The molecule has 0 radical (unpaired) electrons. The van der Waals surface area contributed by atoms with Gasteiger partial charge in [-0.15, -0.1) is 0 Å². The van der Waals surface area contributed by atoms with Crippen molar-refractivity contribution in [2.75, 3.05) is 32.8 Å². The lowest BCUT2D eigenvalue weighted by Crippen LogP contribution is -2.30. The molecule has 0 spiro atoms. The van der Waals surface area contributed by atoms with Crippen LogP contribution < -0.4 is 0 Å². The molecule has 0 atom stereocenters. The van der Waals surface area contributed by atoms with Crippen LogP contribution in [0.3, 0.4) is 0 Å². The minimum Gasteiger partial charge on any atom is -0.481 e. The summed E-state index contributed by atoms with van der Waals surface area (Å²) >= 11 is 0. The number of carboxylic acid groups (broad SMARTS) is 1. The summed E-state index contributed by atoms with van der Waals surface area (Å²) in [5.74, 6) is -0.659. The lowest BCUT2D eigenvalue weighted by atomic mass is 10.0. The molecule has 0 aromatic rings. The van der Waals surface area contributed by atoms with E-state index in [2.05, 4.69) is 18.7 Å². The molecule has 3 N–H and O–H groups in total. The largest absolute Gasteiger partial charge is 0.481 e. The Bertz CT molecular complexity index is 427. The lowest BCUT2D eigenvalue weighted by molar-refractivity contribution is -0.137. The molecule has 0 rings (SSSR count). The third-order valence-corrected chi connectivity index (χ3v) is 7.40. The zero-order valence-electron chi connectivity index (χ0n) is 25.9. The number of carboxylic acids is 1. The zero-order valence-corrected chi connectivity index (χ0v) is 25.9. The van der Waals surface area contributed by atoms with Crippen molar-refractivity contribution in [2.24, 2.45) is 0 Å². The van der Waals surface area contributed by atoms with Crippen LogP contribution in [0.2, 0.25) is 0 Å². The van der Waals surface area contributed by atoms with Crippen LogP contribution in [-0.2, 0) is 4.79 Å². The fourth-order valence-corrected chi connectivity index (χ4v) is 4.91. The van der Waals surface area contributed by atoms with Crippen LogP contribution in [0.5, 0.6) is 0 Å². The average Bonchev–Trinajstić information content (AvgIpc) is 2.90. The van der Waals surface area contributed by atoms with E-state index in [0.29, 0.717) is 19.5 Å². The molecule has 0 aliphatic rings. The second-order valence-corrected chi connectivity index (χ2v) is 11.2. The first-order chi connectivity index (χ1) is 18.6. The van der Waals surface area contributed by atoms with Crippen LogP contribution in [0.1, 0.15) is 174 Å². The first kappa shape index (κ1) is 39.5. The summed E-state index contributed by atoms with van der Waals surface area (Å²) in [6.45, 7) is 7.30. The monoisotopic (exact) mass is 544 g/mol. The number of aliphatic carboxylic acids is 1. The van der Waals surface area contributed by atoms with Crippen molar-refractivity contribution in [3.63, 3.8) is 0 Å². The van der Waals surface area contributed by atoms with E-state index in [4.69, 9.17) is 15.3 Å². The normalized spacial score (nSPS) is 11.1. The minimum absolute atomic E-state index is 0.193. The van der Waals surface area contributed by atoms with Gasteiger partial charge in [-0.05, 0) is 19.4 Å². The molecule has 0 aliphatic carbocycles. The van der Waals surface area contributed by atoms with Gasteiger partial charge in [-0.2, -0.15) is 0 Å². The molecule has 0 fully saturated rings. The SMILES string of the molecule is CCCCCCCCCCCC(=O)O.CCCCCCCCCCCCCCCCCN(CCO)CCO. The highest BCUT2D eigenvalue weighted by atomic mass is 16.4. The summed E-state index contributed by atoms with van der Waals surface area (Å²) in [6.07, 6.45) is 32.3. The fraction of sp³-hybridized carbons (Fsp3) is 0.970. The van der Waals surface area contributed by atoms with Crippen LogP contribution in [0.4, 0.5) is 0 Å². The molecule has 0 heterocycles. The molecule has 0 saturated carbocycles. The van der Waals surface area contributed by atoms with Crippen molar-refractivity contribution < 1.29 is 20.1 Å². The van der Waals surface area contributed by atoms with Crippen molar-refractivity contribution in [3.8, 4) is 0 Å². The number of aliphatic hydroxyl groups is 2. The maximum Gasteiger partial charge on any atom is 0.303 e. The molecule has 230 valence electrons. The Morgan fingerprint density at radius 2 is 0.737 bits per heavy atom. The molecule has 0 aromatic heterocycles. The molecule has 0 unspecified atom stereocenters. The third-order valence-electron chi connectivity index (χ3n) is 7.40. The Kier molecular flexibility index (Phi) is 37.8. The van der Waals surface area contributed by atoms with Crippen LogP contribution in [0, 0.1) is 0 Å². The topological polar surface area (TPSA) is 81.0 Å². The van der Waals surface area contributed by atoms with E-state index in [1.807, 2.05) is 0 Å². The molecule has 5 nitrogen and oxygen atoms in total. The van der Waals surface area contributed by atoms with Crippen molar-refractivity contribution in [2.45, 2.75) is 174 Å². The number of hydrogen-bond acceptors (Lipinski definition) is 4. The summed E-state index contributed by atoms with van der Waals surface area (Å²) in [4.78, 5) is 12.4. The quantitative estimate of drug-likeness (QED) is 0.0787. The number of aliphatic hydroxyl groups excluding tert-OH is 2. The van der Waals surface area contributed by atoms with Crippen LogP contribution in [0.25, 0.3) is 0 Å². The standard InChI is InChI=1S/C21H45NO2.C12H24O2/c1-2-3-4-5-6-7-8-9-10-11-12-13-14-15-16-17-22(18-20-23)19-21-24;1-2-3-4-5-6-7-8-9-10-11-12(13)14/h23-24H,2-21H2,1H3;2-11H2,1H3,(H,13,14). The Morgan fingerprint density at radius 1 is 0.447 bits per heavy atom. The highest BCUT2D eigenvalue weighted by molar-refractivity contribution is 5.66. The Balaban J connectivity index is 0. The highest BCUT2D eigenvalue weighted by Gasteiger charge is 2.02. The number of rotatable bonds is 30.